The molecule has 138 valence electrons. The number of nitrogens with zero attached hydrogens (tertiary/aromatic N) is 2. The van der Waals surface area contributed by atoms with Gasteiger partial charge in [-0.1, -0.05) is 18.2 Å². The van der Waals surface area contributed by atoms with Gasteiger partial charge in [-0.15, -0.1) is 0 Å². The molecule has 0 spiro atoms. The first kappa shape index (κ1) is 18.2. The van der Waals surface area contributed by atoms with E-state index < -0.39 is 9.84 Å². The van der Waals surface area contributed by atoms with Crippen molar-refractivity contribution in [2.75, 3.05) is 43.1 Å². The fourth-order valence-corrected chi connectivity index (χ4v) is 5.46. The fourth-order valence-electron chi connectivity index (χ4n) is 3.66. The second-order valence-corrected chi connectivity index (χ2v) is 9.30. The predicted octanol–water partition coefficient (Wildman–Crippen LogP) is 1.02. The zero-order valence-corrected chi connectivity index (χ0v) is 15.6. The third kappa shape index (κ3) is 4.73. The van der Waals surface area contributed by atoms with Gasteiger partial charge in [0.05, 0.1) is 18.1 Å². The normalized spacial score (nSPS) is 22.5. The molecule has 1 aromatic carbocycles. The molecule has 2 fully saturated rings. The molecule has 2 saturated heterocycles. The number of amides is 1. The van der Waals surface area contributed by atoms with E-state index in [2.05, 4.69) is 22.3 Å². The highest BCUT2D eigenvalue weighted by Crippen LogP contribution is 2.24. The van der Waals surface area contributed by atoms with Gasteiger partial charge < -0.3 is 10.2 Å². The first-order valence-corrected chi connectivity index (χ1v) is 10.8. The molecular weight excluding hydrogens is 338 g/mol. The molecule has 2 aliphatic heterocycles. The van der Waals surface area contributed by atoms with E-state index in [0.717, 1.165) is 18.7 Å². The van der Waals surface area contributed by atoms with E-state index >= 15 is 0 Å². The summed E-state index contributed by atoms with van der Waals surface area (Å²) in [6.45, 7) is 2.88. The zero-order valence-electron chi connectivity index (χ0n) is 14.8. The number of anilines is 1. The Hall–Kier alpha value is -1.60. The molecule has 25 heavy (non-hydrogen) atoms. The Balaban J connectivity index is 1.52. The van der Waals surface area contributed by atoms with E-state index in [4.69, 9.17) is 0 Å². The number of para-hydroxylation sites is 1. The molecule has 0 saturated carbocycles. The van der Waals surface area contributed by atoms with Crippen LogP contribution in [0.2, 0.25) is 0 Å². The summed E-state index contributed by atoms with van der Waals surface area (Å²) in [5.41, 5.74) is 2.33. The van der Waals surface area contributed by atoms with Gasteiger partial charge in [-0.05, 0) is 37.9 Å². The molecule has 7 heteroatoms. The Morgan fingerprint density at radius 2 is 2.00 bits per heavy atom. The van der Waals surface area contributed by atoms with Gasteiger partial charge >= 0.3 is 0 Å². The van der Waals surface area contributed by atoms with Crippen molar-refractivity contribution < 1.29 is 13.2 Å². The summed E-state index contributed by atoms with van der Waals surface area (Å²) in [4.78, 5) is 16.5. The van der Waals surface area contributed by atoms with Crippen LogP contribution in [0.5, 0.6) is 0 Å². The molecule has 0 aliphatic carbocycles. The van der Waals surface area contributed by atoms with E-state index in [0.29, 0.717) is 13.0 Å². The minimum atomic E-state index is -2.93. The number of rotatable bonds is 6. The molecule has 0 bridgehead atoms. The largest absolute Gasteiger partial charge is 0.371 e. The van der Waals surface area contributed by atoms with Crippen LogP contribution in [0.1, 0.15) is 24.8 Å². The zero-order chi connectivity index (χ0) is 17.9. The Kier molecular flexibility index (Phi) is 5.64. The summed E-state index contributed by atoms with van der Waals surface area (Å²) in [6, 6.07) is 8.15. The molecule has 1 atom stereocenters. The molecule has 1 N–H and O–H groups in total. The lowest BCUT2D eigenvalue weighted by molar-refractivity contribution is -0.122. The van der Waals surface area contributed by atoms with Crippen LogP contribution in [0.4, 0.5) is 5.69 Å². The summed E-state index contributed by atoms with van der Waals surface area (Å²) in [6.07, 6.45) is 3.05. The van der Waals surface area contributed by atoms with Gasteiger partial charge in [-0.3, -0.25) is 9.69 Å². The van der Waals surface area contributed by atoms with Gasteiger partial charge in [-0.25, -0.2) is 8.42 Å². The quantitative estimate of drug-likeness (QED) is 0.815. The van der Waals surface area contributed by atoms with Crippen LogP contribution in [0.25, 0.3) is 0 Å². The second kappa shape index (κ2) is 7.74. The van der Waals surface area contributed by atoms with Crippen LogP contribution in [-0.2, 0) is 21.2 Å². The molecule has 0 radical (unpaired) electrons. The van der Waals surface area contributed by atoms with E-state index in [9.17, 15) is 13.2 Å². The maximum Gasteiger partial charge on any atom is 0.234 e. The van der Waals surface area contributed by atoms with Gasteiger partial charge in [0.25, 0.3) is 0 Å². The van der Waals surface area contributed by atoms with Crippen molar-refractivity contribution in [2.45, 2.75) is 31.8 Å². The number of carbonyl (C=O) groups is 1. The standard InChI is InChI=1S/C18H27N3O3S/c1-20(16-8-11-25(23,24)14-16)13-18(22)19-12-15-6-2-3-7-17(15)21-9-4-5-10-21/h2-3,6-7,16H,4-5,8-14H2,1H3,(H,19,22)/t16-/m0/s1. The Morgan fingerprint density at radius 1 is 1.28 bits per heavy atom. The first-order valence-electron chi connectivity index (χ1n) is 8.95. The van der Waals surface area contributed by atoms with E-state index in [1.165, 1.54) is 18.5 Å². The summed E-state index contributed by atoms with van der Waals surface area (Å²) in [7, 11) is -1.10. The molecular formula is C18H27N3O3S. The van der Waals surface area contributed by atoms with Crippen molar-refractivity contribution in [1.82, 2.24) is 10.2 Å². The van der Waals surface area contributed by atoms with Crippen LogP contribution < -0.4 is 10.2 Å². The van der Waals surface area contributed by atoms with Gasteiger partial charge in [0, 0.05) is 31.4 Å². The Bertz CT molecular complexity index is 714. The third-order valence-corrected chi connectivity index (χ3v) is 6.89. The van der Waals surface area contributed by atoms with Crippen LogP contribution >= 0.6 is 0 Å². The van der Waals surface area contributed by atoms with Crippen LogP contribution in [0, 0.1) is 0 Å². The average Bonchev–Trinajstić information content (AvgIpc) is 3.22. The van der Waals surface area contributed by atoms with Gasteiger partial charge in [-0.2, -0.15) is 0 Å². The number of benzene rings is 1. The monoisotopic (exact) mass is 365 g/mol. The number of nitrogens with one attached hydrogen (secondary N) is 1. The third-order valence-electron chi connectivity index (χ3n) is 5.14. The maximum atomic E-state index is 12.3. The SMILES string of the molecule is CN(CC(=O)NCc1ccccc1N1CCCC1)[C@H]1CCS(=O)(=O)C1. The summed E-state index contributed by atoms with van der Waals surface area (Å²) < 4.78 is 23.1. The average molecular weight is 365 g/mol. The van der Waals surface area contributed by atoms with Crippen molar-refractivity contribution >= 4 is 21.4 Å². The van der Waals surface area contributed by atoms with Crippen molar-refractivity contribution in [3.63, 3.8) is 0 Å². The molecule has 1 aromatic rings. The smallest absolute Gasteiger partial charge is 0.234 e. The Morgan fingerprint density at radius 3 is 2.68 bits per heavy atom. The number of sulfone groups is 1. The van der Waals surface area contributed by atoms with Crippen LogP contribution in [0.3, 0.4) is 0 Å². The summed E-state index contributed by atoms with van der Waals surface area (Å²) in [5, 5.41) is 2.98. The van der Waals surface area contributed by atoms with Crippen molar-refractivity contribution in [1.29, 1.82) is 0 Å². The molecule has 6 nitrogen and oxygen atoms in total. The summed E-state index contributed by atoms with van der Waals surface area (Å²) in [5.74, 6) is 0.324. The minimum absolute atomic E-state index is 0.0485. The Labute approximate surface area is 150 Å². The van der Waals surface area contributed by atoms with Crippen molar-refractivity contribution in [3.8, 4) is 0 Å². The van der Waals surface area contributed by atoms with Crippen LogP contribution in [0.15, 0.2) is 24.3 Å². The number of hydrogen-bond donors (Lipinski definition) is 1. The van der Waals surface area contributed by atoms with Gasteiger partial charge in [0.1, 0.15) is 0 Å². The molecule has 0 aromatic heterocycles. The number of hydrogen-bond acceptors (Lipinski definition) is 5. The lowest BCUT2D eigenvalue weighted by Gasteiger charge is -2.23. The molecule has 2 aliphatic rings. The summed E-state index contributed by atoms with van der Waals surface area (Å²) >= 11 is 0. The van der Waals surface area contributed by atoms with E-state index in [1.807, 2.05) is 24.1 Å². The second-order valence-electron chi connectivity index (χ2n) is 7.07. The van der Waals surface area contributed by atoms with Gasteiger partial charge in [0.15, 0.2) is 9.84 Å². The highest BCUT2D eigenvalue weighted by molar-refractivity contribution is 7.91. The van der Waals surface area contributed by atoms with Crippen molar-refractivity contribution in [2.24, 2.45) is 0 Å². The van der Waals surface area contributed by atoms with Crippen LogP contribution in [-0.4, -0.2) is 63.5 Å². The molecule has 3 rings (SSSR count). The highest BCUT2D eigenvalue weighted by atomic mass is 32.2. The van der Waals surface area contributed by atoms with Crippen molar-refractivity contribution in [3.05, 3.63) is 29.8 Å². The first-order chi connectivity index (χ1) is 11.9. The minimum Gasteiger partial charge on any atom is -0.371 e. The number of likely N-dealkylation sites (N-methyl/N-ethyl adjacent to an activating group) is 1. The topological polar surface area (TPSA) is 69.7 Å². The highest BCUT2D eigenvalue weighted by Gasteiger charge is 2.31. The maximum absolute atomic E-state index is 12.3. The lowest BCUT2D eigenvalue weighted by Crippen LogP contribution is -2.41. The fraction of sp³-hybridized carbons (Fsp3) is 0.611. The molecule has 1 amide bonds. The van der Waals surface area contributed by atoms with E-state index in [1.54, 1.807) is 0 Å². The van der Waals surface area contributed by atoms with Gasteiger partial charge in [0.2, 0.25) is 5.91 Å². The van der Waals surface area contributed by atoms with E-state index in [-0.39, 0.29) is 30.0 Å². The molecule has 0 unspecified atom stereocenters. The number of carbonyl (C=O) groups excluding carboxylic acids is 1. The molecule has 2 heterocycles. The predicted molar refractivity (Wildman–Crippen MR) is 99.4 cm³/mol. The lowest BCUT2D eigenvalue weighted by atomic mass is 10.1.